The van der Waals surface area contributed by atoms with E-state index < -0.39 is 0 Å². The number of fused-ring (bicyclic) bond motifs is 6. The van der Waals surface area contributed by atoms with E-state index in [-0.39, 0.29) is 17.8 Å². The fourth-order valence-corrected chi connectivity index (χ4v) is 15.1. The molecular weight excluding hydrogens is 785 g/mol. The molecule has 0 spiro atoms. The minimum atomic E-state index is 0.160. The third-order valence-corrected chi connectivity index (χ3v) is 18.2. The maximum atomic E-state index is 5.52. The highest BCUT2D eigenvalue weighted by atomic mass is 32.2. The molecule has 63 heavy (non-hydrogen) atoms. The van der Waals surface area contributed by atoms with E-state index in [0.717, 1.165) is 68.3 Å². The summed E-state index contributed by atoms with van der Waals surface area (Å²) in [7, 11) is 0. The third kappa shape index (κ3) is 7.33. The second kappa shape index (κ2) is 17.1. The van der Waals surface area contributed by atoms with Gasteiger partial charge in [0.15, 0.2) is 5.82 Å². The molecule has 4 nitrogen and oxygen atoms in total. The van der Waals surface area contributed by atoms with Crippen LogP contribution < -0.4 is 0 Å². The van der Waals surface area contributed by atoms with Crippen molar-refractivity contribution >= 4 is 17.3 Å². The number of allylic oxidation sites excluding steroid dienone is 24. The number of hydrogen-bond donors (Lipinski definition) is 0. The highest BCUT2D eigenvalue weighted by Crippen LogP contribution is 2.58. The first kappa shape index (κ1) is 40.1. The number of rotatable bonds is 7. The third-order valence-electron chi connectivity index (χ3n) is 16.5. The summed E-state index contributed by atoms with van der Waals surface area (Å²) in [6.45, 7) is 2.55. The summed E-state index contributed by atoms with van der Waals surface area (Å²) < 4.78 is 0. The van der Waals surface area contributed by atoms with Crippen molar-refractivity contribution in [3.63, 3.8) is 0 Å². The van der Waals surface area contributed by atoms with E-state index in [1.807, 2.05) is 0 Å². The van der Waals surface area contributed by atoms with Crippen molar-refractivity contribution in [3.05, 3.63) is 178 Å². The van der Waals surface area contributed by atoms with Crippen LogP contribution in [0.5, 0.6) is 0 Å². The van der Waals surface area contributed by atoms with Gasteiger partial charge in [-0.1, -0.05) is 147 Å². The maximum absolute atomic E-state index is 5.52. The Hall–Kier alpha value is -4.48. The largest absolute Gasteiger partial charge is 0.363 e. The molecule has 0 radical (unpaired) electrons. The van der Waals surface area contributed by atoms with Crippen molar-refractivity contribution in [3.8, 4) is 0 Å². The van der Waals surface area contributed by atoms with Gasteiger partial charge in [-0.25, -0.2) is 15.0 Å². The van der Waals surface area contributed by atoms with Crippen molar-refractivity contribution in [1.29, 1.82) is 0 Å². The second-order valence-electron chi connectivity index (χ2n) is 20.3. The Labute approximate surface area is 380 Å². The Balaban J connectivity index is 0.940. The van der Waals surface area contributed by atoms with E-state index in [2.05, 4.69) is 145 Å². The van der Waals surface area contributed by atoms with E-state index in [0.29, 0.717) is 40.3 Å². The van der Waals surface area contributed by atoms with Crippen LogP contribution in [0.1, 0.15) is 133 Å². The predicted octanol–water partition coefficient (Wildman–Crippen LogP) is 13.8. The molecule has 0 bridgehead atoms. The SMILES string of the molecule is CC1CCCCC1N1C2=C(C=CC3C2SC2C=CC(C4=C(c5nc(C6C=CC=CC6)nc(C6C=CCCC6)n5)CC(C5=CC=CCC5C5=CCCC=C5)C=C4)=CC23)C2=CCCCC21. The van der Waals surface area contributed by atoms with Gasteiger partial charge in [-0.15, -0.1) is 11.8 Å². The molecule has 322 valence electrons. The molecule has 0 N–H and O–H groups in total. The minimum absolute atomic E-state index is 0.160. The van der Waals surface area contributed by atoms with Gasteiger partial charge in [-0.05, 0) is 117 Å². The smallest absolute Gasteiger partial charge is 0.160 e. The Morgan fingerprint density at radius 2 is 1.54 bits per heavy atom. The topological polar surface area (TPSA) is 41.9 Å². The van der Waals surface area contributed by atoms with Crippen LogP contribution in [-0.4, -0.2) is 42.4 Å². The van der Waals surface area contributed by atoms with Crippen LogP contribution in [0, 0.1) is 29.6 Å². The zero-order valence-corrected chi connectivity index (χ0v) is 38.0. The molecule has 3 heterocycles. The molecule has 1 aromatic rings. The van der Waals surface area contributed by atoms with Crippen LogP contribution in [0.2, 0.25) is 0 Å². The average molecular weight is 849 g/mol. The summed E-state index contributed by atoms with van der Waals surface area (Å²) >= 11 is 2.26. The van der Waals surface area contributed by atoms with Gasteiger partial charge in [-0.3, -0.25) is 0 Å². The van der Waals surface area contributed by atoms with Gasteiger partial charge in [0.05, 0.1) is 11.3 Å². The lowest BCUT2D eigenvalue weighted by Gasteiger charge is -2.45. The molecule has 11 aliphatic rings. The van der Waals surface area contributed by atoms with Crippen LogP contribution in [-0.2, 0) is 0 Å². The zero-order valence-electron chi connectivity index (χ0n) is 37.2. The van der Waals surface area contributed by atoms with E-state index >= 15 is 0 Å². The number of nitrogens with zero attached hydrogens (tertiary/aromatic N) is 4. The first-order valence-electron chi connectivity index (χ1n) is 25.0. The fourth-order valence-electron chi connectivity index (χ4n) is 13.3. The summed E-state index contributed by atoms with van der Waals surface area (Å²) in [6.07, 6.45) is 66.5. The molecule has 0 amide bonds. The predicted molar refractivity (Wildman–Crippen MR) is 262 cm³/mol. The molecule has 1 aromatic heterocycles. The zero-order chi connectivity index (χ0) is 41.9. The highest BCUT2D eigenvalue weighted by molar-refractivity contribution is 8.01. The molecule has 1 saturated heterocycles. The lowest BCUT2D eigenvalue weighted by molar-refractivity contribution is 0.116. The summed E-state index contributed by atoms with van der Waals surface area (Å²) in [5, 5.41) is 0.977. The first-order valence-corrected chi connectivity index (χ1v) is 26.0. The van der Waals surface area contributed by atoms with E-state index in [1.54, 1.807) is 16.8 Å². The molecule has 5 heteroatoms. The monoisotopic (exact) mass is 848 g/mol. The van der Waals surface area contributed by atoms with Crippen molar-refractivity contribution in [2.75, 3.05) is 0 Å². The van der Waals surface area contributed by atoms with Crippen molar-refractivity contribution < 1.29 is 0 Å². The van der Waals surface area contributed by atoms with Crippen LogP contribution in [0.15, 0.2) is 161 Å². The number of aromatic nitrogens is 3. The van der Waals surface area contributed by atoms with E-state index in [4.69, 9.17) is 15.0 Å². The Kier molecular flexibility index (Phi) is 10.9. The molecule has 9 aliphatic carbocycles. The summed E-state index contributed by atoms with van der Waals surface area (Å²) in [5.41, 5.74) is 11.9. The summed E-state index contributed by atoms with van der Waals surface area (Å²) in [4.78, 5) is 19.4. The summed E-state index contributed by atoms with van der Waals surface area (Å²) in [5.74, 6) is 5.53. The fraction of sp³-hybridized carbons (Fsp3) is 0.466. The number of thioether (sulfide) groups is 1. The minimum Gasteiger partial charge on any atom is -0.363 e. The number of hydrogen-bond acceptors (Lipinski definition) is 5. The quantitative estimate of drug-likeness (QED) is 0.256. The molecule has 0 aromatic carbocycles. The van der Waals surface area contributed by atoms with Crippen LogP contribution in [0.4, 0.5) is 0 Å². The maximum Gasteiger partial charge on any atom is 0.160 e. The molecular formula is C58H64N4S. The molecule has 1 saturated carbocycles. The Bertz CT molecular complexity index is 2450. The Morgan fingerprint density at radius 1 is 0.651 bits per heavy atom. The highest BCUT2D eigenvalue weighted by Gasteiger charge is 2.52. The van der Waals surface area contributed by atoms with Crippen LogP contribution in [0.3, 0.4) is 0 Å². The van der Waals surface area contributed by atoms with Gasteiger partial charge < -0.3 is 4.90 Å². The average Bonchev–Trinajstić information content (AvgIpc) is 3.90. The van der Waals surface area contributed by atoms with Crippen LogP contribution in [0.25, 0.3) is 5.57 Å². The molecule has 12 rings (SSSR count). The van der Waals surface area contributed by atoms with Gasteiger partial charge in [-0.2, -0.15) is 0 Å². The molecule has 2 aliphatic heterocycles. The van der Waals surface area contributed by atoms with Crippen molar-refractivity contribution in [2.45, 2.75) is 138 Å². The van der Waals surface area contributed by atoms with E-state index in [1.165, 1.54) is 79.2 Å². The normalized spacial score (nSPS) is 36.5. The Morgan fingerprint density at radius 3 is 2.40 bits per heavy atom. The van der Waals surface area contributed by atoms with Crippen LogP contribution >= 0.6 is 11.8 Å². The molecule has 11 atom stereocenters. The van der Waals surface area contributed by atoms with Crippen molar-refractivity contribution in [2.24, 2.45) is 29.6 Å². The summed E-state index contributed by atoms with van der Waals surface area (Å²) in [6, 6.07) is 1.25. The van der Waals surface area contributed by atoms with Gasteiger partial charge in [0, 0.05) is 58.1 Å². The van der Waals surface area contributed by atoms with Gasteiger partial charge in [0.25, 0.3) is 0 Å². The van der Waals surface area contributed by atoms with E-state index in [9.17, 15) is 0 Å². The van der Waals surface area contributed by atoms with Gasteiger partial charge in [0.1, 0.15) is 11.6 Å². The lowest BCUT2D eigenvalue weighted by atomic mass is 9.72. The van der Waals surface area contributed by atoms with Gasteiger partial charge in [0.2, 0.25) is 0 Å². The van der Waals surface area contributed by atoms with Crippen molar-refractivity contribution in [1.82, 2.24) is 19.9 Å². The molecule has 11 unspecified atom stereocenters. The standard InChI is InChI=1S/C58H64N4S/c1-37-17-11-15-27-51(37)62-52-28-16-14-26-46(52)47-32-33-48-49-35-42(30-34-53(49)63-55(48)54(47)62)45-31-29-41(44-25-13-12-24-43(44)38-18-5-2-6-19-38)36-50(45)58-60-56(39-20-7-3-8-21-39)59-57(61-58)40-22-9-4-10-23-40/h3,5,7-9,12-13,18-20,22,25-26,29-35,37,39-41,43,48-49,51-53,55H,2,4,6,10-11,14-17,21,23-24,27-28,36H2,1H3. The first-order chi connectivity index (χ1) is 31.2. The second-order valence-corrected chi connectivity index (χ2v) is 21.6. The van der Waals surface area contributed by atoms with Gasteiger partial charge >= 0.3 is 0 Å². The lowest BCUT2D eigenvalue weighted by Crippen LogP contribution is -2.47. The molecule has 2 fully saturated rings.